The van der Waals surface area contributed by atoms with Crippen LogP contribution >= 0.6 is 15.9 Å². The van der Waals surface area contributed by atoms with Crippen LogP contribution < -0.4 is 4.74 Å². The van der Waals surface area contributed by atoms with Crippen molar-refractivity contribution >= 4 is 20.4 Å². The van der Waals surface area contributed by atoms with Gasteiger partial charge in [-0.25, -0.2) is 9.97 Å². The molecule has 58 valence electrons. The molecule has 0 bridgehead atoms. The van der Waals surface area contributed by atoms with Crippen LogP contribution in [0.2, 0.25) is 0 Å². The summed E-state index contributed by atoms with van der Waals surface area (Å²) in [4.78, 5) is 7.93. The maximum absolute atomic E-state index is 4.88. The number of ether oxygens (including phenoxy) is 1. The van der Waals surface area contributed by atoms with E-state index in [9.17, 15) is 0 Å². The van der Waals surface area contributed by atoms with Crippen molar-refractivity contribution < 1.29 is 4.74 Å². The third-order valence-electron chi connectivity index (χ3n) is 1.11. The summed E-state index contributed by atoms with van der Waals surface area (Å²) in [7, 11) is 1.57. The van der Waals surface area contributed by atoms with Gasteiger partial charge in [0, 0.05) is 0 Å². The van der Waals surface area contributed by atoms with E-state index in [1.165, 1.54) is 0 Å². The molecule has 1 aromatic rings. The molecule has 0 unspecified atom stereocenters. The van der Waals surface area contributed by atoms with Gasteiger partial charge in [0.05, 0.1) is 24.0 Å². The van der Waals surface area contributed by atoms with Crippen LogP contribution in [0.1, 0.15) is 5.82 Å². The van der Waals surface area contributed by atoms with Gasteiger partial charge in [-0.05, 0) is 15.9 Å². The van der Waals surface area contributed by atoms with E-state index < -0.39 is 0 Å². The van der Waals surface area contributed by atoms with E-state index in [1.807, 2.05) is 0 Å². The Bertz CT molecular complexity index is 258. The highest BCUT2D eigenvalue weighted by Crippen LogP contribution is 2.14. The molecule has 1 aromatic heterocycles. The minimum Gasteiger partial charge on any atom is -0.494 e. The lowest BCUT2D eigenvalue weighted by atomic mass is 10.5. The van der Waals surface area contributed by atoms with Gasteiger partial charge in [0.1, 0.15) is 0 Å². The summed E-state index contributed by atoms with van der Waals surface area (Å²) < 4.78 is 5.55. The van der Waals surface area contributed by atoms with Crippen molar-refractivity contribution in [1.29, 1.82) is 0 Å². The van der Waals surface area contributed by atoms with Gasteiger partial charge in [-0.15, -0.1) is 0 Å². The number of rotatable bonds is 2. The maximum atomic E-state index is 4.88. The minimum atomic E-state index is 0.575. The quantitative estimate of drug-likeness (QED) is 0.754. The standard InChI is InChI=1S/C7H7BrN2O/c1-5(8)7-9-3-6(11-2)4-10-7/h3-4H,1H2,2H3. The number of hydrogen-bond acceptors (Lipinski definition) is 3. The summed E-state index contributed by atoms with van der Waals surface area (Å²) in [5, 5.41) is 0. The Morgan fingerprint density at radius 3 is 2.45 bits per heavy atom. The molecule has 0 aliphatic heterocycles. The molecule has 3 nitrogen and oxygen atoms in total. The number of nitrogens with zero attached hydrogens (tertiary/aromatic N) is 2. The number of aromatic nitrogens is 2. The second-order valence-electron chi connectivity index (χ2n) is 1.85. The zero-order chi connectivity index (χ0) is 8.27. The van der Waals surface area contributed by atoms with Crippen molar-refractivity contribution in [3.63, 3.8) is 0 Å². The normalized spacial score (nSPS) is 9.27. The van der Waals surface area contributed by atoms with E-state index in [2.05, 4.69) is 32.5 Å². The first kappa shape index (κ1) is 8.20. The Kier molecular flexibility index (Phi) is 2.59. The van der Waals surface area contributed by atoms with E-state index in [-0.39, 0.29) is 0 Å². The second kappa shape index (κ2) is 3.48. The number of methoxy groups -OCH3 is 1. The van der Waals surface area contributed by atoms with E-state index >= 15 is 0 Å². The smallest absolute Gasteiger partial charge is 0.165 e. The fraction of sp³-hybridized carbons (Fsp3) is 0.143. The first-order valence-electron chi connectivity index (χ1n) is 2.95. The SMILES string of the molecule is C=C(Br)c1ncc(OC)cn1. The summed E-state index contributed by atoms with van der Waals surface area (Å²) in [5.41, 5.74) is 0. The summed E-state index contributed by atoms with van der Waals surface area (Å²) in [6.07, 6.45) is 3.18. The molecule has 0 aromatic carbocycles. The predicted molar refractivity (Wildman–Crippen MR) is 46.5 cm³/mol. The average molecular weight is 215 g/mol. The maximum Gasteiger partial charge on any atom is 0.165 e. The molecule has 0 saturated heterocycles. The van der Waals surface area contributed by atoms with Crippen LogP contribution in [0.25, 0.3) is 4.48 Å². The van der Waals surface area contributed by atoms with Gasteiger partial charge in [-0.3, -0.25) is 0 Å². The number of hydrogen-bond donors (Lipinski definition) is 0. The van der Waals surface area contributed by atoms with Crippen molar-refractivity contribution in [1.82, 2.24) is 9.97 Å². The van der Waals surface area contributed by atoms with Crippen molar-refractivity contribution in [2.45, 2.75) is 0 Å². The predicted octanol–water partition coefficient (Wildman–Crippen LogP) is 1.85. The van der Waals surface area contributed by atoms with Gasteiger partial charge >= 0.3 is 0 Å². The molecule has 11 heavy (non-hydrogen) atoms. The molecule has 0 radical (unpaired) electrons. The van der Waals surface area contributed by atoms with Gasteiger partial charge in [-0.1, -0.05) is 6.58 Å². The molecular weight excluding hydrogens is 208 g/mol. The minimum absolute atomic E-state index is 0.575. The van der Waals surface area contributed by atoms with E-state index in [1.54, 1.807) is 19.5 Å². The molecule has 0 saturated carbocycles. The highest BCUT2D eigenvalue weighted by molar-refractivity contribution is 9.15. The lowest BCUT2D eigenvalue weighted by Crippen LogP contribution is -1.90. The lowest BCUT2D eigenvalue weighted by molar-refractivity contribution is 0.410. The topological polar surface area (TPSA) is 35.0 Å². The molecule has 0 aliphatic rings. The van der Waals surface area contributed by atoms with Crippen LogP contribution in [0.4, 0.5) is 0 Å². The monoisotopic (exact) mass is 214 g/mol. The van der Waals surface area contributed by atoms with Gasteiger partial charge in [0.15, 0.2) is 11.6 Å². The zero-order valence-corrected chi connectivity index (χ0v) is 7.63. The summed E-state index contributed by atoms with van der Waals surface area (Å²) in [6, 6.07) is 0. The second-order valence-corrected chi connectivity index (χ2v) is 2.81. The highest BCUT2D eigenvalue weighted by atomic mass is 79.9. The van der Waals surface area contributed by atoms with E-state index in [4.69, 9.17) is 4.74 Å². The molecule has 0 fully saturated rings. The first-order chi connectivity index (χ1) is 5.24. The summed E-state index contributed by atoms with van der Waals surface area (Å²) >= 11 is 3.17. The van der Waals surface area contributed by atoms with Crippen molar-refractivity contribution in [3.8, 4) is 5.75 Å². The Hall–Kier alpha value is -0.900. The van der Waals surface area contributed by atoms with Gasteiger partial charge in [0.25, 0.3) is 0 Å². The molecule has 0 atom stereocenters. The fourth-order valence-electron chi connectivity index (χ4n) is 0.562. The molecule has 1 rings (SSSR count). The molecule has 4 heteroatoms. The molecule has 0 N–H and O–H groups in total. The molecule has 0 spiro atoms. The molecule has 1 heterocycles. The summed E-state index contributed by atoms with van der Waals surface area (Å²) in [6.45, 7) is 3.63. The Balaban J connectivity index is 2.91. The number of halogens is 1. The Morgan fingerprint density at radius 2 is 2.09 bits per heavy atom. The van der Waals surface area contributed by atoms with Crippen molar-refractivity contribution in [2.24, 2.45) is 0 Å². The van der Waals surface area contributed by atoms with Crippen LogP contribution in [-0.4, -0.2) is 17.1 Å². The average Bonchev–Trinajstić information content (AvgIpc) is 2.05. The van der Waals surface area contributed by atoms with Crippen LogP contribution in [0.3, 0.4) is 0 Å². The van der Waals surface area contributed by atoms with Gasteiger partial charge in [-0.2, -0.15) is 0 Å². The van der Waals surface area contributed by atoms with Gasteiger partial charge in [0.2, 0.25) is 0 Å². The van der Waals surface area contributed by atoms with Crippen LogP contribution in [0.5, 0.6) is 5.75 Å². The zero-order valence-electron chi connectivity index (χ0n) is 6.04. The molecule has 0 aliphatic carbocycles. The van der Waals surface area contributed by atoms with E-state index in [0.29, 0.717) is 16.1 Å². The highest BCUT2D eigenvalue weighted by Gasteiger charge is 1.97. The Labute approximate surface area is 73.3 Å². The largest absolute Gasteiger partial charge is 0.494 e. The molecular formula is C7H7BrN2O. The third kappa shape index (κ3) is 2.01. The van der Waals surface area contributed by atoms with Crippen molar-refractivity contribution in [3.05, 3.63) is 24.8 Å². The summed E-state index contributed by atoms with van der Waals surface area (Å²) in [5.74, 6) is 1.22. The molecule has 0 amide bonds. The van der Waals surface area contributed by atoms with Gasteiger partial charge < -0.3 is 4.74 Å². The van der Waals surface area contributed by atoms with Crippen LogP contribution in [-0.2, 0) is 0 Å². The lowest BCUT2D eigenvalue weighted by Gasteiger charge is -1.98. The van der Waals surface area contributed by atoms with E-state index in [0.717, 1.165) is 0 Å². The van der Waals surface area contributed by atoms with Crippen LogP contribution in [0, 0.1) is 0 Å². The van der Waals surface area contributed by atoms with Crippen molar-refractivity contribution in [2.75, 3.05) is 7.11 Å². The fourth-order valence-corrected chi connectivity index (χ4v) is 0.766. The third-order valence-corrected chi connectivity index (χ3v) is 1.46. The van der Waals surface area contributed by atoms with Crippen LogP contribution in [0.15, 0.2) is 19.0 Å². The Morgan fingerprint density at radius 1 is 1.55 bits per heavy atom. The first-order valence-corrected chi connectivity index (χ1v) is 3.74.